The van der Waals surface area contributed by atoms with E-state index >= 15 is 0 Å². The van der Waals surface area contributed by atoms with Gasteiger partial charge in [-0.2, -0.15) is 0 Å². The number of aromatic amines is 1. The highest BCUT2D eigenvalue weighted by molar-refractivity contribution is 5.89. The highest BCUT2D eigenvalue weighted by atomic mass is 16.5. The summed E-state index contributed by atoms with van der Waals surface area (Å²) in [5, 5.41) is 3.75. The zero-order valence-electron chi connectivity index (χ0n) is 18.4. The van der Waals surface area contributed by atoms with Crippen LogP contribution in [-0.4, -0.2) is 41.4 Å². The van der Waals surface area contributed by atoms with E-state index in [1.54, 1.807) is 0 Å². The van der Waals surface area contributed by atoms with Crippen LogP contribution in [0.2, 0.25) is 0 Å². The summed E-state index contributed by atoms with van der Waals surface area (Å²) in [6.45, 7) is 0.492. The van der Waals surface area contributed by atoms with Crippen molar-refractivity contribution in [2.75, 3.05) is 6.54 Å². The van der Waals surface area contributed by atoms with Crippen molar-refractivity contribution in [3.05, 3.63) is 71.9 Å². The largest absolute Gasteiger partial charge is 0.459 e. The fourth-order valence-electron chi connectivity index (χ4n) is 3.47. The molecule has 0 bridgehead atoms. The Morgan fingerprint density at radius 3 is 2.55 bits per heavy atom. The third kappa shape index (κ3) is 7.08. The second-order valence-corrected chi connectivity index (χ2v) is 7.77. The van der Waals surface area contributed by atoms with Gasteiger partial charge in [-0.3, -0.25) is 9.79 Å². The van der Waals surface area contributed by atoms with Crippen molar-refractivity contribution in [3.8, 4) is 0 Å². The molecule has 174 valence electrons. The maximum absolute atomic E-state index is 12.9. The predicted molar refractivity (Wildman–Crippen MR) is 128 cm³/mol. The lowest BCUT2D eigenvalue weighted by atomic mass is 10.0. The first-order valence-corrected chi connectivity index (χ1v) is 10.8. The van der Waals surface area contributed by atoms with Crippen LogP contribution in [0.5, 0.6) is 0 Å². The lowest BCUT2D eigenvalue weighted by Crippen LogP contribution is -2.49. The van der Waals surface area contributed by atoms with Crippen molar-refractivity contribution >= 4 is 28.7 Å². The van der Waals surface area contributed by atoms with Crippen molar-refractivity contribution < 1.29 is 14.3 Å². The number of benzene rings is 2. The number of ether oxygens (including phenoxy) is 1. The minimum atomic E-state index is -0.885. The monoisotopic (exact) mass is 450 g/mol. The lowest BCUT2D eigenvalue weighted by Gasteiger charge is -2.20. The van der Waals surface area contributed by atoms with Gasteiger partial charge in [0.25, 0.3) is 0 Å². The fraction of sp³-hybridized carbons (Fsp3) is 0.292. The Morgan fingerprint density at radius 2 is 1.79 bits per heavy atom. The van der Waals surface area contributed by atoms with Crippen molar-refractivity contribution in [2.45, 2.75) is 38.0 Å². The van der Waals surface area contributed by atoms with Gasteiger partial charge in [-0.15, -0.1) is 0 Å². The molecule has 0 fully saturated rings. The molecular weight excluding hydrogens is 420 g/mol. The van der Waals surface area contributed by atoms with Gasteiger partial charge in [0, 0.05) is 30.1 Å². The van der Waals surface area contributed by atoms with E-state index < -0.39 is 24.0 Å². The van der Waals surface area contributed by atoms with Gasteiger partial charge >= 0.3 is 5.97 Å². The molecule has 9 nitrogen and oxygen atoms in total. The Hall–Kier alpha value is -3.85. The fourth-order valence-corrected chi connectivity index (χ4v) is 3.47. The minimum absolute atomic E-state index is 0.00650. The van der Waals surface area contributed by atoms with E-state index in [1.165, 1.54) is 0 Å². The Labute approximate surface area is 192 Å². The van der Waals surface area contributed by atoms with Crippen LogP contribution in [0.25, 0.3) is 10.9 Å². The van der Waals surface area contributed by atoms with Crippen molar-refractivity contribution in [1.82, 2.24) is 10.3 Å². The van der Waals surface area contributed by atoms with Crippen LogP contribution in [0.4, 0.5) is 0 Å². The van der Waals surface area contributed by atoms with Gasteiger partial charge in [0.2, 0.25) is 5.91 Å². The van der Waals surface area contributed by atoms with Crippen LogP contribution >= 0.6 is 0 Å². The maximum atomic E-state index is 12.9. The number of esters is 1. The van der Waals surface area contributed by atoms with Gasteiger partial charge in [-0.1, -0.05) is 48.5 Å². The number of amides is 1. The molecule has 2 aromatic carbocycles. The normalized spacial score (nSPS) is 12.6. The van der Waals surface area contributed by atoms with Gasteiger partial charge in [0.05, 0.1) is 6.04 Å². The second-order valence-electron chi connectivity index (χ2n) is 7.77. The number of aliphatic imine (C=N–C) groups is 1. The maximum Gasteiger partial charge on any atom is 0.329 e. The molecule has 0 aliphatic rings. The molecule has 8 N–H and O–H groups in total. The van der Waals surface area contributed by atoms with E-state index in [-0.39, 0.29) is 19.0 Å². The van der Waals surface area contributed by atoms with Crippen LogP contribution < -0.4 is 22.5 Å². The molecule has 1 heterocycles. The third-order valence-electron chi connectivity index (χ3n) is 5.23. The van der Waals surface area contributed by atoms with Crippen molar-refractivity contribution in [3.63, 3.8) is 0 Å². The first-order valence-electron chi connectivity index (χ1n) is 10.8. The molecule has 0 radical (unpaired) electrons. The number of para-hydroxylation sites is 1. The number of nitrogens with zero attached hydrogens (tertiary/aromatic N) is 1. The number of rotatable bonds is 11. The Bertz CT molecular complexity index is 1090. The predicted octanol–water partition coefficient (Wildman–Crippen LogP) is 1.32. The first-order chi connectivity index (χ1) is 15.9. The standard InChI is InChI=1S/C24H30N6O3/c25-19(10-6-12-28-24(26)27)22(31)30-21(23(32)33-15-16-7-2-1-3-8-16)13-17-14-29-20-11-5-4-9-18(17)20/h1-5,7-9,11,14,19,21,29H,6,10,12-13,15,25H2,(H,30,31)(H4,26,27,28)/t19-,21-/m0/s1. The van der Waals surface area contributed by atoms with Crippen molar-refractivity contribution in [2.24, 2.45) is 22.2 Å². The van der Waals surface area contributed by atoms with Crippen LogP contribution in [0, 0.1) is 0 Å². The summed E-state index contributed by atoms with van der Waals surface area (Å²) in [4.78, 5) is 32.7. The van der Waals surface area contributed by atoms with E-state index in [0.29, 0.717) is 19.4 Å². The van der Waals surface area contributed by atoms with Crippen LogP contribution in [-0.2, 0) is 27.4 Å². The number of fused-ring (bicyclic) bond motifs is 1. The summed E-state index contributed by atoms with van der Waals surface area (Å²) >= 11 is 0. The van der Waals surface area contributed by atoms with Gasteiger partial charge in [0.15, 0.2) is 5.96 Å². The Balaban J connectivity index is 1.68. The molecule has 1 aromatic heterocycles. The first kappa shape index (κ1) is 23.8. The second kappa shape index (κ2) is 11.7. The summed E-state index contributed by atoms with van der Waals surface area (Å²) in [6.07, 6.45) is 3.02. The molecule has 0 aliphatic heterocycles. The number of guanidine groups is 1. The lowest BCUT2D eigenvalue weighted by molar-refractivity contribution is -0.149. The number of nitrogens with one attached hydrogen (secondary N) is 2. The molecule has 0 aliphatic carbocycles. The number of nitrogens with two attached hydrogens (primary N) is 3. The number of carbonyl (C=O) groups excluding carboxylic acids is 2. The van der Waals surface area contributed by atoms with Gasteiger partial charge in [0.1, 0.15) is 12.6 Å². The van der Waals surface area contributed by atoms with Gasteiger partial charge in [-0.05, 0) is 30.0 Å². The quantitative estimate of drug-likeness (QED) is 0.128. The summed E-state index contributed by atoms with van der Waals surface area (Å²) in [6, 6.07) is 15.4. The molecule has 9 heteroatoms. The van der Waals surface area contributed by atoms with E-state index in [4.69, 9.17) is 21.9 Å². The van der Waals surface area contributed by atoms with E-state index in [2.05, 4.69) is 15.3 Å². The number of H-pyrrole nitrogens is 1. The highest BCUT2D eigenvalue weighted by Crippen LogP contribution is 2.19. The SMILES string of the molecule is NC(N)=NCCC[C@H](N)C(=O)N[C@@H](Cc1c[nH]c2ccccc12)C(=O)OCc1ccccc1. The molecular formula is C24H30N6O3. The smallest absolute Gasteiger partial charge is 0.329 e. The molecule has 33 heavy (non-hydrogen) atoms. The van der Waals surface area contributed by atoms with Crippen LogP contribution in [0.15, 0.2) is 65.8 Å². The summed E-state index contributed by atoms with van der Waals surface area (Å²) in [5.41, 5.74) is 19.4. The Morgan fingerprint density at radius 1 is 1.06 bits per heavy atom. The van der Waals surface area contributed by atoms with Crippen molar-refractivity contribution in [1.29, 1.82) is 0 Å². The summed E-state index contributed by atoms with van der Waals surface area (Å²) in [7, 11) is 0. The number of aromatic nitrogens is 1. The van der Waals surface area contributed by atoms with Gasteiger partial charge < -0.3 is 32.2 Å². The van der Waals surface area contributed by atoms with Crippen LogP contribution in [0.3, 0.4) is 0 Å². The molecule has 3 aromatic rings. The minimum Gasteiger partial charge on any atom is -0.459 e. The zero-order valence-corrected chi connectivity index (χ0v) is 18.4. The molecule has 0 saturated heterocycles. The molecule has 1 amide bonds. The zero-order chi connectivity index (χ0) is 23.6. The van der Waals surface area contributed by atoms with E-state index in [0.717, 1.165) is 22.0 Å². The molecule has 0 saturated carbocycles. The van der Waals surface area contributed by atoms with E-state index in [1.807, 2.05) is 60.8 Å². The summed E-state index contributed by atoms with van der Waals surface area (Å²) < 4.78 is 5.51. The highest BCUT2D eigenvalue weighted by Gasteiger charge is 2.26. The number of hydrogen-bond acceptors (Lipinski definition) is 5. The van der Waals surface area contributed by atoms with Crippen LogP contribution in [0.1, 0.15) is 24.0 Å². The third-order valence-corrected chi connectivity index (χ3v) is 5.23. The average molecular weight is 451 g/mol. The average Bonchev–Trinajstić information content (AvgIpc) is 3.23. The number of carbonyl (C=O) groups is 2. The Kier molecular flexibility index (Phi) is 8.43. The molecule has 3 rings (SSSR count). The molecule has 0 spiro atoms. The summed E-state index contributed by atoms with van der Waals surface area (Å²) in [5.74, 6) is -0.959. The molecule has 2 atom stereocenters. The topological polar surface area (TPSA) is 162 Å². The number of hydrogen-bond donors (Lipinski definition) is 5. The molecule has 0 unspecified atom stereocenters. The van der Waals surface area contributed by atoms with E-state index in [9.17, 15) is 9.59 Å². The van der Waals surface area contributed by atoms with Gasteiger partial charge in [-0.25, -0.2) is 4.79 Å².